The molecule has 8 heteroatoms. The highest BCUT2D eigenvalue weighted by atomic mass is 19.1. The number of pyridine rings is 1. The van der Waals surface area contributed by atoms with Gasteiger partial charge in [0.25, 0.3) is 0 Å². The molecule has 1 aromatic heterocycles. The lowest BCUT2D eigenvalue weighted by molar-refractivity contribution is -0.386. The third-order valence-electron chi connectivity index (χ3n) is 2.11. The minimum absolute atomic E-state index is 0.0162. The Morgan fingerprint density at radius 3 is 2.42 bits per heavy atom. The zero-order chi connectivity index (χ0) is 14.0. The predicted octanol–water partition coefficient (Wildman–Crippen LogP) is 2.64. The number of nitro groups is 1. The van der Waals surface area contributed by atoms with Gasteiger partial charge in [-0.3, -0.25) is 10.1 Å². The van der Waals surface area contributed by atoms with Gasteiger partial charge in [0.2, 0.25) is 0 Å². The largest absolute Gasteiger partial charge is 0.433 e. The Bertz CT molecular complexity index is 629. The molecule has 0 saturated carbocycles. The van der Waals surface area contributed by atoms with Crippen LogP contribution in [0.1, 0.15) is 0 Å². The Kier molecular flexibility index (Phi) is 3.23. The molecule has 0 aliphatic carbocycles. The fourth-order valence-corrected chi connectivity index (χ4v) is 1.36. The number of hydrogen-bond acceptors (Lipinski definition) is 5. The Morgan fingerprint density at radius 1 is 1.21 bits per heavy atom. The Hall–Kier alpha value is -2.77. The van der Waals surface area contributed by atoms with E-state index in [0.29, 0.717) is 6.07 Å². The second kappa shape index (κ2) is 4.84. The summed E-state index contributed by atoms with van der Waals surface area (Å²) in [7, 11) is 0. The molecule has 6 nitrogen and oxygen atoms in total. The smallest absolute Gasteiger partial charge is 0.331 e. The molecule has 2 rings (SSSR count). The molecule has 0 amide bonds. The SMILES string of the molecule is Nc1ccc([N+](=O)[O-])c(Oc2cc(F)cc(F)c2)n1. The molecule has 0 aliphatic heterocycles. The van der Waals surface area contributed by atoms with Crippen molar-refractivity contribution in [3.05, 3.63) is 52.1 Å². The molecule has 0 saturated heterocycles. The van der Waals surface area contributed by atoms with E-state index in [1.807, 2.05) is 0 Å². The zero-order valence-corrected chi connectivity index (χ0v) is 9.34. The first-order valence-electron chi connectivity index (χ1n) is 5.00. The van der Waals surface area contributed by atoms with Crippen LogP contribution >= 0.6 is 0 Å². The summed E-state index contributed by atoms with van der Waals surface area (Å²) in [4.78, 5) is 13.6. The molecule has 19 heavy (non-hydrogen) atoms. The number of anilines is 1. The average Bonchev–Trinajstić information content (AvgIpc) is 2.26. The lowest BCUT2D eigenvalue weighted by Crippen LogP contribution is -1.99. The molecule has 0 fully saturated rings. The standard InChI is InChI=1S/C11H7F2N3O3/c12-6-3-7(13)5-8(4-6)19-11-9(16(17)18)1-2-10(14)15-11/h1-5H,(H2,14,15). The summed E-state index contributed by atoms with van der Waals surface area (Å²) < 4.78 is 30.9. The van der Waals surface area contributed by atoms with Crippen molar-refractivity contribution >= 4 is 11.5 Å². The quantitative estimate of drug-likeness (QED) is 0.681. The van der Waals surface area contributed by atoms with Crippen LogP contribution in [0.3, 0.4) is 0 Å². The van der Waals surface area contributed by atoms with Gasteiger partial charge in [-0.2, -0.15) is 4.98 Å². The molecule has 1 aromatic carbocycles. The summed E-state index contributed by atoms with van der Waals surface area (Å²) in [6.07, 6.45) is 0. The van der Waals surface area contributed by atoms with Gasteiger partial charge in [0.05, 0.1) is 4.92 Å². The van der Waals surface area contributed by atoms with Gasteiger partial charge in [0.1, 0.15) is 23.2 Å². The number of halogens is 2. The van der Waals surface area contributed by atoms with E-state index in [-0.39, 0.29) is 11.6 Å². The average molecular weight is 267 g/mol. The summed E-state index contributed by atoms with van der Waals surface area (Å²) in [5.41, 5.74) is 4.92. The lowest BCUT2D eigenvalue weighted by atomic mass is 10.3. The Balaban J connectivity index is 2.42. The lowest BCUT2D eigenvalue weighted by Gasteiger charge is -2.06. The van der Waals surface area contributed by atoms with Gasteiger partial charge in [0, 0.05) is 24.3 Å². The second-order valence-corrected chi connectivity index (χ2v) is 3.52. The van der Waals surface area contributed by atoms with E-state index in [1.54, 1.807) is 0 Å². The topological polar surface area (TPSA) is 91.3 Å². The van der Waals surface area contributed by atoms with E-state index < -0.39 is 28.1 Å². The van der Waals surface area contributed by atoms with Gasteiger partial charge in [0.15, 0.2) is 0 Å². The van der Waals surface area contributed by atoms with Crippen molar-refractivity contribution in [3.8, 4) is 11.6 Å². The normalized spacial score (nSPS) is 10.2. The highest BCUT2D eigenvalue weighted by Crippen LogP contribution is 2.30. The molecule has 0 unspecified atom stereocenters. The molecule has 2 aromatic rings. The highest BCUT2D eigenvalue weighted by Gasteiger charge is 2.18. The number of benzene rings is 1. The molecule has 98 valence electrons. The third kappa shape index (κ3) is 2.92. The van der Waals surface area contributed by atoms with Crippen LogP contribution in [0.5, 0.6) is 11.6 Å². The monoisotopic (exact) mass is 267 g/mol. The number of aromatic nitrogens is 1. The molecule has 2 N–H and O–H groups in total. The number of nitrogen functional groups attached to an aromatic ring is 1. The van der Waals surface area contributed by atoms with Gasteiger partial charge in [-0.15, -0.1) is 0 Å². The third-order valence-corrected chi connectivity index (χ3v) is 2.11. The molecular weight excluding hydrogens is 260 g/mol. The summed E-state index contributed by atoms with van der Waals surface area (Å²) in [6, 6.07) is 4.70. The molecular formula is C11H7F2N3O3. The van der Waals surface area contributed by atoms with E-state index in [4.69, 9.17) is 10.5 Å². The number of ether oxygens (including phenoxy) is 1. The fourth-order valence-electron chi connectivity index (χ4n) is 1.36. The van der Waals surface area contributed by atoms with Crippen molar-refractivity contribution in [1.82, 2.24) is 4.98 Å². The zero-order valence-electron chi connectivity index (χ0n) is 9.34. The van der Waals surface area contributed by atoms with Crippen molar-refractivity contribution in [2.75, 3.05) is 5.73 Å². The van der Waals surface area contributed by atoms with E-state index in [9.17, 15) is 18.9 Å². The first kappa shape index (κ1) is 12.7. The van der Waals surface area contributed by atoms with E-state index in [1.165, 1.54) is 6.07 Å². The maximum Gasteiger partial charge on any atom is 0.331 e. The first-order chi connectivity index (χ1) is 8.95. The Labute approximate surface area is 105 Å². The van der Waals surface area contributed by atoms with E-state index in [2.05, 4.69) is 4.98 Å². The summed E-state index contributed by atoms with van der Waals surface area (Å²) >= 11 is 0. The second-order valence-electron chi connectivity index (χ2n) is 3.52. The van der Waals surface area contributed by atoms with Crippen molar-refractivity contribution in [2.24, 2.45) is 0 Å². The van der Waals surface area contributed by atoms with E-state index >= 15 is 0 Å². The van der Waals surface area contributed by atoms with Crippen LogP contribution in [0.4, 0.5) is 20.3 Å². The summed E-state index contributed by atoms with van der Waals surface area (Å²) in [6.45, 7) is 0. The minimum Gasteiger partial charge on any atom is -0.433 e. The minimum atomic E-state index is -0.874. The molecule has 0 spiro atoms. The fraction of sp³-hybridized carbons (Fsp3) is 0. The molecule has 0 atom stereocenters. The highest BCUT2D eigenvalue weighted by molar-refractivity contribution is 5.48. The molecule has 0 radical (unpaired) electrons. The van der Waals surface area contributed by atoms with Gasteiger partial charge < -0.3 is 10.5 Å². The maximum absolute atomic E-state index is 13.0. The van der Waals surface area contributed by atoms with Crippen molar-refractivity contribution in [2.45, 2.75) is 0 Å². The van der Waals surface area contributed by atoms with Crippen LogP contribution in [0.2, 0.25) is 0 Å². The molecule has 0 bridgehead atoms. The predicted molar refractivity (Wildman–Crippen MR) is 61.7 cm³/mol. The van der Waals surface area contributed by atoms with Crippen LogP contribution in [0, 0.1) is 21.7 Å². The number of nitrogens with two attached hydrogens (primary N) is 1. The van der Waals surface area contributed by atoms with Crippen molar-refractivity contribution in [1.29, 1.82) is 0 Å². The summed E-state index contributed by atoms with van der Waals surface area (Å²) in [5, 5.41) is 10.8. The van der Waals surface area contributed by atoms with Crippen LogP contribution in [-0.2, 0) is 0 Å². The van der Waals surface area contributed by atoms with Crippen LogP contribution in [-0.4, -0.2) is 9.91 Å². The molecule has 0 aliphatic rings. The number of hydrogen-bond donors (Lipinski definition) is 1. The molecule has 1 heterocycles. The van der Waals surface area contributed by atoms with Crippen molar-refractivity contribution in [3.63, 3.8) is 0 Å². The first-order valence-corrected chi connectivity index (χ1v) is 5.00. The van der Waals surface area contributed by atoms with Crippen LogP contribution in [0.25, 0.3) is 0 Å². The summed E-state index contributed by atoms with van der Waals surface area (Å²) in [5.74, 6) is -2.45. The van der Waals surface area contributed by atoms with Crippen LogP contribution < -0.4 is 10.5 Å². The van der Waals surface area contributed by atoms with Gasteiger partial charge in [-0.1, -0.05) is 0 Å². The van der Waals surface area contributed by atoms with Gasteiger partial charge in [-0.05, 0) is 6.07 Å². The van der Waals surface area contributed by atoms with Crippen LogP contribution in [0.15, 0.2) is 30.3 Å². The maximum atomic E-state index is 13.0. The number of nitrogens with zero attached hydrogens (tertiary/aromatic N) is 2. The van der Waals surface area contributed by atoms with Gasteiger partial charge in [-0.25, -0.2) is 8.78 Å². The van der Waals surface area contributed by atoms with E-state index in [0.717, 1.165) is 18.2 Å². The number of rotatable bonds is 3. The van der Waals surface area contributed by atoms with Gasteiger partial charge >= 0.3 is 11.6 Å². The Morgan fingerprint density at radius 2 is 1.84 bits per heavy atom. The van der Waals surface area contributed by atoms with Crippen molar-refractivity contribution < 1.29 is 18.4 Å².